The molecule has 0 saturated carbocycles. The van der Waals surface area contributed by atoms with Gasteiger partial charge in [0.25, 0.3) is 0 Å². The maximum Gasteiger partial charge on any atom is 0.343 e. The Morgan fingerprint density at radius 2 is 2.19 bits per heavy atom. The van der Waals surface area contributed by atoms with Crippen LogP contribution >= 0.6 is 0 Å². The van der Waals surface area contributed by atoms with Gasteiger partial charge in [-0.2, -0.15) is 0 Å². The molecule has 0 saturated heterocycles. The largest absolute Gasteiger partial charge is 0.511 e. The summed E-state index contributed by atoms with van der Waals surface area (Å²) in [6.45, 7) is 1.99. The fourth-order valence-electron chi connectivity index (χ4n) is 1.67. The van der Waals surface area contributed by atoms with E-state index >= 15 is 0 Å². The monoisotopic (exact) mass is 220 g/mol. The van der Waals surface area contributed by atoms with Crippen LogP contribution in [0.25, 0.3) is 5.57 Å². The molecule has 0 aliphatic heterocycles. The number of rotatable bonds is 2. The molecule has 16 heavy (non-hydrogen) atoms. The van der Waals surface area contributed by atoms with E-state index in [9.17, 15) is 9.90 Å². The Morgan fingerprint density at radius 3 is 2.94 bits per heavy atom. The van der Waals surface area contributed by atoms with Gasteiger partial charge in [-0.3, -0.25) is 9.97 Å². The highest BCUT2D eigenvalue weighted by atomic mass is 16.5. The first-order chi connectivity index (χ1) is 7.74. The lowest BCUT2D eigenvalue weighted by atomic mass is 9.98. The Morgan fingerprint density at radius 1 is 1.44 bits per heavy atom. The molecule has 0 atom stereocenters. The highest BCUT2D eigenvalue weighted by Crippen LogP contribution is 2.27. The Hall–Kier alpha value is -1.91. The fourth-order valence-corrected chi connectivity index (χ4v) is 1.67. The number of carbonyl (C=O) groups excluding carboxylic acids is 1. The molecule has 2 rings (SSSR count). The Balaban J connectivity index is 2.45. The molecule has 0 amide bonds. The first-order valence-electron chi connectivity index (χ1n) is 5.13. The van der Waals surface area contributed by atoms with Gasteiger partial charge in [-0.1, -0.05) is 0 Å². The number of carbonyl (C=O) groups is 1. The van der Waals surface area contributed by atoms with Crippen LogP contribution in [-0.2, 0) is 16.0 Å². The zero-order valence-corrected chi connectivity index (χ0v) is 8.93. The first kappa shape index (κ1) is 10.6. The molecule has 1 heterocycles. The van der Waals surface area contributed by atoms with Crippen molar-refractivity contribution in [2.24, 2.45) is 0 Å². The second-order valence-corrected chi connectivity index (χ2v) is 3.39. The van der Waals surface area contributed by atoms with Crippen LogP contribution in [0.4, 0.5) is 0 Å². The number of hydrogen-bond acceptors (Lipinski definition) is 5. The van der Waals surface area contributed by atoms with E-state index in [1.54, 1.807) is 13.1 Å². The number of aromatic nitrogens is 2. The minimum atomic E-state index is -0.540. The summed E-state index contributed by atoms with van der Waals surface area (Å²) in [5.41, 5.74) is 1.31. The Labute approximate surface area is 92.8 Å². The Kier molecular flexibility index (Phi) is 2.85. The normalized spacial score (nSPS) is 14.6. The number of allylic oxidation sites excluding steroid dienone is 1. The molecule has 84 valence electrons. The predicted octanol–water partition coefficient (Wildman–Crippen LogP) is 1.25. The average Bonchev–Trinajstić information content (AvgIpc) is 2.29. The molecule has 0 bridgehead atoms. The number of aliphatic hydroxyl groups is 1. The third kappa shape index (κ3) is 1.76. The smallest absolute Gasteiger partial charge is 0.343 e. The molecular formula is C11H12N2O3. The van der Waals surface area contributed by atoms with Gasteiger partial charge >= 0.3 is 5.97 Å². The van der Waals surface area contributed by atoms with Gasteiger partial charge in [0.1, 0.15) is 17.0 Å². The van der Waals surface area contributed by atoms with Crippen molar-refractivity contribution in [3.63, 3.8) is 0 Å². The molecule has 0 unspecified atom stereocenters. The first-order valence-corrected chi connectivity index (χ1v) is 5.13. The summed E-state index contributed by atoms with van der Waals surface area (Å²) in [7, 11) is 0. The lowest BCUT2D eigenvalue weighted by molar-refractivity contribution is -0.136. The molecule has 5 heteroatoms. The van der Waals surface area contributed by atoms with Crippen molar-refractivity contribution in [3.05, 3.63) is 29.5 Å². The fraction of sp³-hybridized carbons (Fsp3) is 0.364. The zero-order chi connectivity index (χ0) is 11.5. The van der Waals surface area contributed by atoms with Crippen molar-refractivity contribution in [1.82, 2.24) is 9.97 Å². The topological polar surface area (TPSA) is 72.3 Å². The molecule has 1 aliphatic rings. The molecular weight excluding hydrogens is 208 g/mol. The van der Waals surface area contributed by atoms with Crippen LogP contribution in [0, 0.1) is 0 Å². The van der Waals surface area contributed by atoms with Crippen molar-refractivity contribution >= 4 is 11.5 Å². The second-order valence-electron chi connectivity index (χ2n) is 3.39. The SMILES string of the molecule is CCOC(=O)C1=C(O)CCc2nccnc21. The van der Waals surface area contributed by atoms with E-state index in [4.69, 9.17) is 4.74 Å². The van der Waals surface area contributed by atoms with Gasteiger partial charge < -0.3 is 9.84 Å². The summed E-state index contributed by atoms with van der Waals surface area (Å²) >= 11 is 0. The summed E-state index contributed by atoms with van der Waals surface area (Å²) in [6, 6.07) is 0. The van der Waals surface area contributed by atoms with Gasteiger partial charge in [0.05, 0.1) is 12.3 Å². The number of fused-ring (bicyclic) bond motifs is 1. The average molecular weight is 220 g/mol. The molecule has 1 aromatic rings. The lowest BCUT2D eigenvalue weighted by Crippen LogP contribution is -2.17. The second kappa shape index (κ2) is 4.30. The van der Waals surface area contributed by atoms with Crippen LogP contribution in [0.5, 0.6) is 0 Å². The quantitative estimate of drug-likeness (QED) is 0.759. The molecule has 0 radical (unpaired) electrons. The number of nitrogens with zero attached hydrogens (tertiary/aromatic N) is 2. The molecule has 5 nitrogen and oxygen atoms in total. The van der Waals surface area contributed by atoms with E-state index in [-0.39, 0.29) is 17.9 Å². The van der Waals surface area contributed by atoms with Crippen molar-refractivity contribution in [2.45, 2.75) is 19.8 Å². The zero-order valence-electron chi connectivity index (χ0n) is 8.93. The van der Waals surface area contributed by atoms with E-state index in [1.807, 2.05) is 0 Å². The van der Waals surface area contributed by atoms with Crippen LogP contribution in [0.15, 0.2) is 18.2 Å². The number of hydrogen-bond donors (Lipinski definition) is 1. The molecule has 0 spiro atoms. The maximum atomic E-state index is 11.7. The van der Waals surface area contributed by atoms with E-state index in [2.05, 4.69) is 9.97 Å². The number of ether oxygens (including phenoxy) is 1. The molecule has 1 N–H and O–H groups in total. The minimum Gasteiger partial charge on any atom is -0.511 e. The van der Waals surface area contributed by atoms with E-state index in [0.717, 1.165) is 5.69 Å². The van der Waals surface area contributed by atoms with Crippen LogP contribution < -0.4 is 0 Å². The molecule has 1 aromatic heterocycles. The van der Waals surface area contributed by atoms with Crippen molar-refractivity contribution < 1.29 is 14.6 Å². The lowest BCUT2D eigenvalue weighted by Gasteiger charge is -2.16. The predicted molar refractivity (Wildman–Crippen MR) is 56.5 cm³/mol. The number of esters is 1. The third-order valence-corrected chi connectivity index (χ3v) is 2.38. The molecule has 1 aliphatic carbocycles. The van der Waals surface area contributed by atoms with Gasteiger partial charge in [-0.25, -0.2) is 4.79 Å². The van der Waals surface area contributed by atoms with E-state index in [0.29, 0.717) is 18.5 Å². The summed E-state index contributed by atoms with van der Waals surface area (Å²) in [5, 5.41) is 9.72. The van der Waals surface area contributed by atoms with Crippen molar-refractivity contribution in [2.75, 3.05) is 6.61 Å². The van der Waals surface area contributed by atoms with Crippen molar-refractivity contribution in [1.29, 1.82) is 0 Å². The highest BCUT2D eigenvalue weighted by Gasteiger charge is 2.27. The van der Waals surface area contributed by atoms with Crippen LogP contribution in [0.3, 0.4) is 0 Å². The Bertz CT molecular complexity index is 454. The molecule has 0 aromatic carbocycles. The van der Waals surface area contributed by atoms with Gasteiger partial charge in [0.2, 0.25) is 0 Å². The number of aryl methyl sites for hydroxylation is 1. The minimum absolute atomic E-state index is 0.0338. The maximum absolute atomic E-state index is 11.7. The summed E-state index contributed by atoms with van der Waals surface area (Å²) in [4.78, 5) is 19.9. The summed E-state index contributed by atoms with van der Waals surface area (Å²) in [6.07, 6.45) is 4.07. The third-order valence-electron chi connectivity index (χ3n) is 2.38. The van der Waals surface area contributed by atoms with Crippen LogP contribution in [0.1, 0.15) is 24.7 Å². The number of aliphatic hydroxyl groups excluding tert-OH is 1. The van der Waals surface area contributed by atoms with Crippen LogP contribution in [0.2, 0.25) is 0 Å². The van der Waals surface area contributed by atoms with E-state index < -0.39 is 5.97 Å². The van der Waals surface area contributed by atoms with Gasteiger partial charge in [0.15, 0.2) is 0 Å². The summed E-state index contributed by atoms with van der Waals surface area (Å²) < 4.78 is 4.88. The highest BCUT2D eigenvalue weighted by molar-refractivity contribution is 6.17. The van der Waals surface area contributed by atoms with Gasteiger partial charge in [-0.05, 0) is 13.3 Å². The van der Waals surface area contributed by atoms with Gasteiger partial charge in [-0.15, -0.1) is 0 Å². The standard InChI is InChI=1S/C11H12N2O3/c1-2-16-11(15)9-8(14)4-3-7-10(9)13-6-5-12-7/h5-6,14H,2-4H2,1H3. The van der Waals surface area contributed by atoms with Gasteiger partial charge in [0, 0.05) is 18.8 Å². The summed E-state index contributed by atoms with van der Waals surface area (Å²) in [5.74, 6) is -0.507. The van der Waals surface area contributed by atoms with Crippen molar-refractivity contribution in [3.8, 4) is 0 Å². The molecule has 0 fully saturated rings. The van der Waals surface area contributed by atoms with Crippen LogP contribution in [-0.4, -0.2) is 27.7 Å². The van der Waals surface area contributed by atoms with E-state index in [1.165, 1.54) is 6.20 Å².